The van der Waals surface area contributed by atoms with Gasteiger partial charge in [0.2, 0.25) is 5.91 Å². The number of nitrogens with one attached hydrogen (secondary N) is 2. The Kier molecular flexibility index (Phi) is 9.74. The molecule has 0 fully saturated rings. The van der Waals surface area contributed by atoms with E-state index in [-0.39, 0.29) is 36.6 Å². The monoisotopic (exact) mass is 468 g/mol. The standard InChI is InChI=1S/C23H30F2N2O4S/c1-3-17-4-6-18(7-5-17)15-32(30,31)9-8-26-14-23(29)22(27-16(2)28)12-19-10-20(24)13-21(25)11-19/h4-7,10-11,13,22-23,26,29H,3,8-9,12,14-15H2,1-2H3,(H,27,28)/t22-,23-/m0/s1. The fourth-order valence-electron chi connectivity index (χ4n) is 3.34. The molecule has 0 radical (unpaired) electrons. The first kappa shape index (κ1) is 25.9. The number of benzene rings is 2. The van der Waals surface area contributed by atoms with Crippen molar-refractivity contribution in [1.82, 2.24) is 10.6 Å². The second kappa shape index (κ2) is 12.0. The number of aryl methyl sites for hydroxylation is 1. The van der Waals surface area contributed by atoms with Crippen molar-refractivity contribution in [3.63, 3.8) is 0 Å². The molecule has 0 aliphatic rings. The summed E-state index contributed by atoms with van der Waals surface area (Å²) in [6.45, 7) is 3.43. The average molecular weight is 469 g/mol. The molecule has 0 aliphatic carbocycles. The molecule has 2 aromatic rings. The van der Waals surface area contributed by atoms with Crippen LogP contribution in [0.25, 0.3) is 0 Å². The summed E-state index contributed by atoms with van der Waals surface area (Å²) in [5.41, 5.74) is 2.14. The highest BCUT2D eigenvalue weighted by Crippen LogP contribution is 2.12. The van der Waals surface area contributed by atoms with Gasteiger partial charge in [-0.25, -0.2) is 17.2 Å². The number of aliphatic hydroxyl groups excluding tert-OH is 1. The van der Waals surface area contributed by atoms with Crippen molar-refractivity contribution in [2.24, 2.45) is 0 Å². The molecule has 0 unspecified atom stereocenters. The molecular weight excluding hydrogens is 438 g/mol. The van der Waals surface area contributed by atoms with Crippen molar-refractivity contribution in [3.8, 4) is 0 Å². The van der Waals surface area contributed by atoms with E-state index in [4.69, 9.17) is 0 Å². The molecule has 32 heavy (non-hydrogen) atoms. The molecule has 1 amide bonds. The van der Waals surface area contributed by atoms with Crippen LogP contribution in [-0.2, 0) is 33.2 Å². The SMILES string of the molecule is CCc1ccc(CS(=O)(=O)CCNC[C@H](O)[C@H](Cc2cc(F)cc(F)c2)NC(C)=O)cc1. The van der Waals surface area contributed by atoms with Gasteiger partial charge in [-0.2, -0.15) is 0 Å². The van der Waals surface area contributed by atoms with E-state index in [0.29, 0.717) is 0 Å². The predicted octanol–water partition coefficient (Wildman–Crippen LogP) is 2.14. The predicted molar refractivity (Wildman–Crippen MR) is 120 cm³/mol. The number of hydrogen-bond acceptors (Lipinski definition) is 5. The summed E-state index contributed by atoms with van der Waals surface area (Å²) in [6.07, 6.45) is -0.190. The minimum atomic E-state index is -3.35. The van der Waals surface area contributed by atoms with Crippen LogP contribution in [0.4, 0.5) is 8.78 Å². The summed E-state index contributed by atoms with van der Waals surface area (Å²) in [6, 6.07) is 9.65. The number of aliphatic hydroxyl groups is 1. The molecule has 0 bridgehead atoms. The van der Waals surface area contributed by atoms with Gasteiger partial charge in [-0.1, -0.05) is 31.2 Å². The highest BCUT2D eigenvalue weighted by molar-refractivity contribution is 7.90. The minimum Gasteiger partial charge on any atom is -0.390 e. The summed E-state index contributed by atoms with van der Waals surface area (Å²) in [5, 5.41) is 15.9. The van der Waals surface area contributed by atoms with Crippen molar-refractivity contribution in [3.05, 3.63) is 70.8 Å². The van der Waals surface area contributed by atoms with E-state index >= 15 is 0 Å². The van der Waals surface area contributed by atoms with Crippen LogP contribution < -0.4 is 10.6 Å². The Bertz CT molecular complexity index is 977. The summed E-state index contributed by atoms with van der Waals surface area (Å²) in [7, 11) is -3.35. The summed E-state index contributed by atoms with van der Waals surface area (Å²) >= 11 is 0. The van der Waals surface area contributed by atoms with Gasteiger partial charge < -0.3 is 15.7 Å². The minimum absolute atomic E-state index is 0.00343. The average Bonchev–Trinajstić information content (AvgIpc) is 2.70. The normalized spacial score (nSPS) is 13.5. The van der Waals surface area contributed by atoms with E-state index in [9.17, 15) is 27.1 Å². The van der Waals surface area contributed by atoms with Gasteiger partial charge >= 0.3 is 0 Å². The molecule has 0 aromatic heterocycles. The highest BCUT2D eigenvalue weighted by Gasteiger charge is 2.21. The van der Waals surface area contributed by atoms with Gasteiger partial charge in [0.15, 0.2) is 9.84 Å². The van der Waals surface area contributed by atoms with Crippen molar-refractivity contribution >= 4 is 15.7 Å². The maximum absolute atomic E-state index is 13.4. The van der Waals surface area contributed by atoms with Crippen LogP contribution in [0.3, 0.4) is 0 Å². The molecule has 176 valence electrons. The van der Waals surface area contributed by atoms with Crippen LogP contribution in [0.1, 0.15) is 30.5 Å². The van der Waals surface area contributed by atoms with Crippen molar-refractivity contribution < 1.29 is 27.1 Å². The maximum atomic E-state index is 13.4. The van der Waals surface area contributed by atoms with E-state index in [1.807, 2.05) is 19.1 Å². The quantitative estimate of drug-likeness (QED) is 0.415. The molecule has 2 aromatic carbocycles. The Morgan fingerprint density at radius 2 is 1.62 bits per heavy atom. The van der Waals surface area contributed by atoms with E-state index in [1.54, 1.807) is 12.1 Å². The van der Waals surface area contributed by atoms with Gasteiger partial charge in [0.1, 0.15) is 11.6 Å². The van der Waals surface area contributed by atoms with Gasteiger partial charge in [0.05, 0.1) is 23.7 Å². The highest BCUT2D eigenvalue weighted by atomic mass is 32.2. The zero-order chi connectivity index (χ0) is 23.7. The Hall–Kier alpha value is -2.36. The van der Waals surface area contributed by atoms with Crippen LogP contribution in [0.15, 0.2) is 42.5 Å². The Morgan fingerprint density at radius 3 is 2.19 bits per heavy atom. The number of carbonyl (C=O) groups is 1. The summed E-state index contributed by atoms with van der Waals surface area (Å²) < 4.78 is 51.6. The lowest BCUT2D eigenvalue weighted by atomic mass is 10.0. The lowest BCUT2D eigenvalue weighted by molar-refractivity contribution is -0.120. The lowest BCUT2D eigenvalue weighted by Crippen LogP contribution is -2.48. The first-order valence-corrected chi connectivity index (χ1v) is 12.3. The van der Waals surface area contributed by atoms with Crippen LogP contribution in [-0.4, -0.2) is 50.4 Å². The zero-order valence-corrected chi connectivity index (χ0v) is 19.1. The van der Waals surface area contributed by atoms with E-state index < -0.39 is 39.5 Å². The zero-order valence-electron chi connectivity index (χ0n) is 18.3. The first-order chi connectivity index (χ1) is 15.1. The molecule has 0 spiro atoms. The van der Waals surface area contributed by atoms with Crippen molar-refractivity contribution in [2.45, 2.75) is 44.6 Å². The maximum Gasteiger partial charge on any atom is 0.217 e. The van der Waals surface area contributed by atoms with Gasteiger partial charge in [-0.05, 0) is 41.7 Å². The molecule has 0 saturated heterocycles. The largest absolute Gasteiger partial charge is 0.390 e. The van der Waals surface area contributed by atoms with Gasteiger partial charge in [0.25, 0.3) is 0 Å². The summed E-state index contributed by atoms with van der Waals surface area (Å²) in [5.74, 6) is -2.08. The van der Waals surface area contributed by atoms with Crippen molar-refractivity contribution in [1.29, 1.82) is 0 Å². The lowest BCUT2D eigenvalue weighted by Gasteiger charge is -2.24. The third-order valence-electron chi connectivity index (χ3n) is 4.99. The molecule has 2 atom stereocenters. The van der Waals surface area contributed by atoms with Gasteiger partial charge in [-0.15, -0.1) is 0 Å². The molecule has 0 saturated carbocycles. The van der Waals surface area contributed by atoms with E-state index in [0.717, 1.165) is 35.7 Å². The van der Waals surface area contributed by atoms with Crippen LogP contribution in [0.5, 0.6) is 0 Å². The Labute approximate surface area is 188 Å². The number of sulfone groups is 1. The topological polar surface area (TPSA) is 95.5 Å². The van der Waals surface area contributed by atoms with Gasteiger partial charge in [-0.3, -0.25) is 4.79 Å². The third-order valence-corrected chi connectivity index (χ3v) is 6.59. The number of hydrogen-bond donors (Lipinski definition) is 3. The molecule has 9 heteroatoms. The van der Waals surface area contributed by atoms with Crippen LogP contribution in [0, 0.1) is 11.6 Å². The fourth-order valence-corrected chi connectivity index (χ4v) is 4.64. The Balaban J connectivity index is 1.87. The van der Waals surface area contributed by atoms with Crippen molar-refractivity contribution in [2.75, 3.05) is 18.8 Å². The number of amides is 1. The van der Waals surface area contributed by atoms with Crippen LogP contribution >= 0.6 is 0 Å². The molecule has 3 N–H and O–H groups in total. The number of halogens is 2. The molecular formula is C23H30F2N2O4S. The summed E-state index contributed by atoms with van der Waals surface area (Å²) in [4.78, 5) is 11.5. The van der Waals surface area contributed by atoms with E-state index in [1.165, 1.54) is 6.92 Å². The Morgan fingerprint density at radius 1 is 1.03 bits per heavy atom. The number of carbonyl (C=O) groups excluding carboxylic acids is 1. The molecule has 2 rings (SSSR count). The molecule has 6 nitrogen and oxygen atoms in total. The van der Waals surface area contributed by atoms with E-state index in [2.05, 4.69) is 10.6 Å². The molecule has 0 aliphatic heterocycles. The smallest absolute Gasteiger partial charge is 0.217 e. The second-order valence-corrected chi connectivity index (χ2v) is 10.0. The molecule has 0 heterocycles. The van der Waals surface area contributed by atoms with Crippen LogP contribution in [0.2, 0.25) is 0 Å². The first-order valence-electron chi connectivity index (χ1n) is 10.5. The fraction of sp³-hybridized carbons (Fsp3) is 0.435. The number of rotatable bonds is 12. The van der Waals surface area contributed by atoms with Gasteiger partial charge in [0, 0.05) is 26.1 Å². The second-order valence-electron chi connectivity index (χ2n) is 7.82. The third kappa shape index (κ3) is 9.02.